The summed E-state index contributed by atoms with van der Waals surface area (Å²) in [4.78, 5) is 33.7. The van der Waals surface area contributed by atoms with Gasteiger partial charge in [0.25, 0.3) is 5.91 Å². The van der Waals surface area contributed by atoms with Gasteiger partial charge in [-0.25, -0.2) is 4.79 Å². The van der Waals surface area contributed by atoms with E-state index in [9.17, 15) is 19.7 Å². The number of hydrogen-bond donors (Lipinski definition) is 1. The summed E-state index contributed by atoms with van der Waals surface area (Å²) in [5, 5.41) is 13.9. The van der Waals surface area contributed by atoms with Crippen LogP contribution in [0.4, 0.5) is 11.4 Å². The van der Waals surface area contributed by atoms with E-state index in [0.29, 0.717) is 10.7 Å². The lowest BCUT2D eigenvalue weighted by atomic mass is 10.2. The first-order chi connectivity index (χ1) is 12.4. The number of esters is 1. The molecule has 1 N–H and O–H groups in total. The quantitative estimate of drug-likeness (QED) is 0.450. The first-order valence-electron chi connectivity index (χ1n) is 7.44. The Kier molecular flexibility index (Phi) is 6.51. The van der Waals surface area contributed by atoms with Crippen molar-refractivity contribution in [2.75, 3.05) is 18.5 Å². The van der Waals surface area contributed by atoms with Gasteiger partial charge in [0, 0.05) is 16.8 Å². The summed E-state index contributed by atoms with van der Waals surface area (Å²) < 4.78 is 9.87. The predicted molar refractivity (Wildman–Crippen MR) is 94.4 cm³/mol. The van der Waals surface area contributed by atoms with Crippen molar-refractivity contribution in [3.8, 4) is 5.75 Å². The molecule has 9 heteroatoms. The van der Waals surface area contributed by atoms with E-state index in [-0.39, 0.29) is 11.4 Å². The number of rotatable bonds is 7. The number of hydrogen-bond acceptors (Lipinski definition) is 6. The number of aryl methyl sites for hydroxylation is 1. The number of carbonyl (C=O) groups is 2. The summed E-state index contributed by atoms with van der Waals surface area (Å²) in [5.74, 6) is -1.44. The Morgan fingerprint density at radius 2 is 1.92 bits per heavy atom. The number of amides is 1. The maximum atomic E-state index is 11.8. The first kappa shape index (κ1) is 19.2. The van der Waals surface area contributed by atoms with Crippen LogP contribution in [0.15, 0.2) is 42.5 Å². The Balaban J connectivity index is 1.82. The van der Waals surface area contributed by atoms with Crippen LogP contribution in [0.25, 0.3) is 0 Å². The molecule has 2 aromatic rings. The minimum atomic E-state index is -0.832. The third-order valence-corrected chi connectivity index (χ3v) is 3.48. The summed E-state index contributed by atoms with van der Waals surface area (Å²) in [5.41, 5.74) is 1.04. The van der Waals surface area contributed by atoms with Crippen molar-refractivity contribution in [1.82, 2.24) is 0 Å². The molecule has 2 aromatic carbocycles. The maximum Gasteiger partial charge on any atom is 0.344 e. The molecular formula is C17H15ClN2O6. The normalized spacial score (nSPS) is 10.1. The highest BCUT2D eigenvalue weighted by molar-refractivity contribution is 6.31. The van der Waals surface area contributed by atoms with Crippen LogP contribution in [-0.4, -0.2) is 30.0 Å². The molecule has 0 spiro atoms. The average molecular weight is 379 g/mol. The smallest absolute Gasteiger partial charge is 0.344 e. The van der Waals surface area contributed by atoms with Gasteiger partial charge < -0.3 is 14.8 Å². The van der Waals surface area contributed by atoms with Gasteiger partial charge in [0.2, 0.25) is 0 Å². The third-order valence-electron chi connectivity index (χ3n) is 3.25. The van der Waals surface area contributed by atoms with Crippen molar-refractivity contribution in [3.63, 3.8) is 0 Å². The summed E-state index contributed by atoms with van der Waals surface area (Å²) in [6, 6.07) is 10.6. The Morgan fingerprint density at radius 3 is 2.65 bits per heavy atom. The van der Waals surface area contributed by atoms with Gasteiger partial charge in [-0.2, -0.15) is 0 Å². The second kappa shape index (κ2) is 8.82. The monoisotopic (exact) mass is 378 g/mol. The molecule has 0 bridgehead atoms. The molecule has 8 nitrogen and oxygen atoms in total. The minimum absolute atomic E-state index is 0.0616. The van der Waals surface area contributed by atoms with Crippen molar-refractivity contribution < 1.29 is 24.0 Å². The number of para-hydroxylation sites is 2. The van der Waals surface area contributed by atoms with Gasteiger partial charge in [-0.3, -0.25) is 14.9 Å². The van der Waals surface area contributed by atoms with E-state index in [4.69, 9.17) is 21.1 Å². The lowest BCUT2D eigenvalue weighted by molar-refractivity contribution is -0.385. The summed E-state index contributed by atoms with van der Waals surface area (Å²) in [6.07, 6.45) is 0. The van der Waals surface area contributed by atoms with Crippen LogP contribution in [0, 0.1) is 17.0 Å². The zero-order valence-corrected chi connectivity index (χ0v) is 14.5. The van der Waals surface area contributed by atoms with Gasteiger partial charge in [-0.1, -0.05) is 29.8 Å². The standard InChI is InChI=1S/C17H15ClN2O6/c1-11-6-7-12(18)8-13(11)19-16(21)9-26-17(22)10-25-15-5-3-2-4-14(15)20(23)24/h2-8H,9-10H2,1H3,(H,19,21). The Labute approximate surface area is 153 Å². The fourth-order valence-corrected chi connectivity index (χ4v) is 2.14. The van der Waals surface area contributed by atoms with E-state index >= 15 is 0 Å². The fraction of sp³-hybridized carbons (Fsp3) is 0.176. The summed E-state index contributed by atoms with van der Waals surface area (Å²) in [7, 11) is 0. The van der Waals surface area contributed by atoms with Crippen molar-refractivity contribution in [1.29, 1.82) is 0 Å². The molecule has 26 heavy (non-hydrogen) atoms. The van der Waals surface area contributed by atoms with Gasteiger partial charge in [-0.05, 0) is 30.7 Å². The van der Waals surface area contributed by atoms with Crippen LogP contribution >= 0.6 is 11.6 Å². The molecule has 1 amide bonds. The molecule has 0 aliphatic rings. The van der Waals surface area contributed by atoms with Crippen molar-refractivity contribution in [3.05, 3.63) is 63.2 Å². The van der Waals surface area contributed by atoms with Crippen molar-refractivity contribution in [2.24, 2.45) is 0 Å². The van der Waals surface area contributed by atoms with Crippen LogP contribution in [0.1, 0.15) is 5.56 Å². The molecule has 0 atom stereocenters. The van der Waals surface area contributed by atoms with Crippen LogP contribution in [0.3, 0.4) is 0 Å². The molecule has 0 fully saturated rings. The zero-order valence-electron chi connectivity index (χ0n) is 13.7. The number of nitro benzene ring substituents is 1. The molecule has 136 valence electrons. The highest BCUT2D eigenvalue weighted by atomic mass is 35.5. The zero-order chi connectivity index (χ0) is 19.1. The highest BCUT2D eigenvalue weighted by Gasteiger charge is 2.16. The van der Waals surface area contributed by atoms with Crippen molar-refractivity contribution in [2.45, 2.75) is 6.92 Å². The average Bonchev–Trinajstić information content (AvgIpc) is 2.61. The van der Waals surface area contributed by atoms with E-state index < -0.39 is 30.0 Å². The lowest BCUT2D eigenvalue weighted by Gasteiger charge is -2.10. The minimum Gasteiger partial charge on any atom is -0.475 e. The molecule has 0 unspecified atom stereocenters. The van der Waals surface area contributed by atoms with Gasteiger partial charge in [-0.15, -0.1) is 0 Å². The van der Waals surface area contributed by atoms with Crippen LogP contribution < -0.4 is 10.1 Å². The molecule has 0 heterocycles. The van der Waals surface area contributed by atoms with Gasteiger partial charge in [0.05, 0.1) is 4.92 Å². The van der Waals surface area contributed by atoms with E-state index in [0.717, 1.165) is 5.56 Å². The van der Waals surface area contributed by atoms with E-state index in [2.05, 4.69) is 5.32 Å². The largest absolute Gasteiger partial charge is 0.475 e. The van der Waals surface area contributed by atoms with E-state index in [1.54, 1.807) is 25.1 Å². The molecule has 2 rings (SSSR count). The second-order valence-corrected chi connectivity index (χ2v) is 5.62. The van der Waals surface area contributed by atoms with Crippen LogP contribution in [-0.2, 0) is 14.3 Å². The number of nitro groups is 1. The number of nitrogens with one attached hydrogen (secondary N) is 1. The SMILES string of the molecule is Cc1ccc(Cl)cc1NC(=O)COC(=O)COc1ccccc1[N+](=O)[O-]. The highest BCUT2D eigenvalue weighted by Crippen LogP contribution is 2.25. The number of nitrogens with zero attached hydrogens (tertiary/aromatic N) is 1. The molecule has 0 saturated heterocycles. The Bertz CT molecular complexity index is 840. The second-order valence-electron chi connectivity index (χ2n) is 5.18. The van der Waals surface area contributed by atoms with E-state index in [1.807, 2.05) is 0 Å². The van der Waals surface area contributed by atoms with Crippen LogP contribution in [0.5, 0.6) is 5.75 Å². The number of halogens is 1. The first-order valence-corrected chi connectivity index (χ1v) is 7.82. The molecule has 0 aliphatic carbocycles. The summed E-state index contributed by atoms with van der Waals surface area (Å²) in [6.45, 7) is 0.706. The van der Waals surface area contributed by atoms with Gasteiger partial charge >= 0.3 is 11.7 Å². The molecule has 0 aromatic heterocycles. The van der Waals surface area contributed by atoms with Crippen molar-refractivity contribution >= 4 is 34.9 Å². The molecule has 0 aliphatic heterocycles. The van der Waals surface area contributed by atoms with E-state index in [1.165, 1.54) is 24.3 Å². The summed E-state index contributed by atoms with van der Waals surface area (Å²) >= 11 is 5.86. The number of anilines is 1. The van der Waals surface area contributed by atoms with Gasteiger partial charge in [0.15, 0.2) is 19.0 Å². The molecule has 0 radical (unpaired) electrons. The Hall–Kier alpha value is -3.13. The molecule has 0 saturated carbocycles. The lowest BCUT2D eigenvalue weighted by Crippen LogP contribution is -2.24. The predicted octanol–water partition coefficient (Wildman–Crippen LogP) is 3.12. The third kappa shape index (κ3) is 5.45. The van der Waals surface area contributed by atoms with Crippen LogP contribution in [0.2, 0.25) is 5.02 Å². The number of carbonyl (C=O) groups excluding carboxylic acids is 2. The number of benzene rings is 2. The fourth-order valence-electron chi connectivity index (χ4n) is 1.97. The Morgan fingerprint density at radius 1 is 1.19 bits per heavy atom. The maximum absolute atomic E-state index is 11.8. The topological polar surface area (TPSA) is 108 Å². The van der Waals surface area contributed by atoms with Gasteiger partial charge in [0.1, 0.15) is 0 Å². The molecular weight excluding hydrogens is 364 g/mol. The number of ether oxygens (including phenoxy) is 2.